The maximum atomic E-state index is 12.7. The van der Waals surface area contributed by atoms with Gasteiger partial charge in [0.05, 0.1) is 22.6 Å². The van der Waals surface area contributed by atoms with Crippen LogP contribution in [0, 0.1) is 0 Å². The molecule has 146 valence electrons. The van der Waals surface area contributed by atoms with E-state index in [2.05, 4.69) is 6.92 Å². The fourth-order valence-electron chi connectivity index (χ4n) is 2.98. The summed E-state index contributed by atoms with van der Waals surface area (Å²) >= 11 is 12.2. The van der Waals surface area contributed by atoms with Crippen LogP contribution in [0.15, 0.2) is 42.5 Å². The summed E-state index contributed by atoms with van der Waals surface area (Å²) in [7, 11) is 1.84. The molecule has 3 nitrogen and oxygen atoms in total. The molecule has 1 amide bonds. The number of nitrogens with zero attached hydrogens (tertiary/aromatic N) is 1. The van der Waals surface area contributed by atoms with Crippen molar-refractivity contribution in [3.8, 4) is 5.75 Å². The topological polar surface area (TPSA) is 29.5 Å². The van der Waals surface area contributed by atoms with E-state index in [1.165, 1.54) is 0 Å². The van der Waals surface area contributed by atoms with Gasteiger partial charge in [-0.05, 0) is 55.7 Å². The van der Waals surface area contributed by atoms with Gasteiger partial charge < -0.3 is 9.64 Å². The van der Waals surface area contributed by atoms with Crippen molar-refractivity contribution in [3.05, 3.63) is 63.6 Å². The number of amides is 1. The number of benzene rings is 2. The highest BCUT2D eigenvalue weighted by molar-refractivity contribution is 6.42. The molecule has 0 spiro atoms. The molecule has 27 heavy (non-hydrogen) atoms. The van der Waals surface area contributed by atoms with E-state index in [-0.39, 0.29) is 17.9 Å². The predicted octanol–water partition coefficient (Wildman–Crippen LogP) is 5.98. The molecule has 5 heteroatoms. The summed E-state index contributed by atoms with van der Waals surface area (Å²) in [5.74, 6) is 1.08. The molecule has 1 atom stereocenters. The Hall–Kier alpha value is -1.71. The van der Waals surface area contributed by atoms with Crippen molar-refractivity contribution in [2.24, 2.45) is 0 Å². The zero-order chi connectivity index (χ0) is 20.0. The molecule has 0 fully saturated rings. The van der Waals surface area contributed by atoms with Crippen molar-refractivity contribution >= 4 is 29.1 Å². The van der Waals surface area contributed by atoms with Crippen LogP contribution < -0.4 is 4.74 Å². The zero-order valence-corrected chi connectivity index (χ0v) is 17.8. The first-order valence-corrected chi connectivity index (χ1v) is 10.00. The summed E-state index contributed by atoms with van der Waals surface area (Å²) in [5.41, 5.74) is 2.05. The van der Waals surface area contributed by atoms with E-state index in [0.717, 1.165) is 23.3 Å². The van der Waals surface area contributed by atoms with Gasteiger partial charge in [0.2, 0.25) is 5.91 Å². The van der Waals surface area contributed by atoms with Crippen LogP contribution in [0.5, 0.6) is 5.75 Å². The summed E-state index contributed by atoms with van der Waals surface area (Å²) in [6, 6.07) is 13.4. The molecule has 1 unspecified atom stereocenters. The molecule has 0 aliphatic heterocycles. The Morgan fingerprint density at radius 1 is 1.11 bits per heavy atom. The third-order valence-corrected chi connectivity index (χ3v) is 5.19. The van der Waals surface area contributed by atoms with Crippen LogP contribution in [-0.4, -0.2) is 30.5 Å². The molecule has 2 aromatic rings. The van der Waals surface area contributed by atoms with Gasteiger partial charge in [0, 0.05) is 19.5 Å². The van der Waals surface area contributed by atoms with Crippen LogP contribution in [-0.2, 0) is 11.2 Å². The van der Waals surface area contributed by atoms with Crippen LogP contribution in [0.25, 0.3) is 0 Å². The summed E-state index contributed by atoms with van der Waals surface area (Å²) in [6.07, 6.45) is 1.37. The molecule has 0 heterocycles. The standard InChI is InChI=1S/C22H27Cl2NO2/c1-5-17(18-9-10-20(23)21(24)13-18)14-25(4)22(26)12-16-7-6-8-19(11-16)27-15(2)3/h6-11,13,15,17H,5,12,14H2,1-4H3. The minimum absolute atomic E-state index is 0.0789. The monoisotopic (exact) mass is 407 g/mol. The Bertz CT molecular complexity index is 777. The second-order valence-electron chi connectivity index (χ2n) is 7.04. The second kappa shape index (κ2) is 10.0. The molecule has 2 aromatic carbocycles. The van der Waals surface area contributed by atoms with Crippen LogP contribution in [0.4, 0.5) is 0 Å². The lowest BCUT2D eigenvalue weighted by Crippen LogP contribution is -2.32. The summed E-state index contributed by atoms with van der Waals surface area (Å²) in [6.45, 7) is 6.72. The van der Waals surface area contributed by atoms with Gasteiger partial charge in [0.25, 0.3) is 0 Å². The molecule has 0 aliphatic carbocycles. The predicted molar refractivity (Wildman–Crippen MR) is 113 cm³/mol. The highest BCUT2D eigenvalue weighted by Gasteiger charge is 2.17. The number of hydrogen-bond acceptors (Lipinski definition) is 2. The second-order valence-corrected chi connectivity index (χ2v) is 7.86. The molecule has 0 bridgehead atoms. The first-order chi connectivity index (χ1) is 12.8. The quantitative estimate of drug-likeness (QED) is 0.538. The number of hydrogen-bond donors (Lipinski definition) is 0. The zero-order valence-electron chi connectivity index (χ0n) is 16.3. The average molecular weight is 408 g/mol. The molecule has 0 aromatic heterocycles. The Balaban J connectivity index is 2.02. The number of carbonyl (C=O) groups excluding carboxylic acids is 1. The molecule has 2 rings (SSSR count). The van der Waals surface area contributed by atoms with Crippen molar-refractivity contribution in [1.82, 2.24) is 4.90 Å². The third kappa shape index (κ3) is 6.44. The lowest BCUT2D eigenvalue weighted by Gasteiger charge is -2.24. The third-order valence-electron chi connectivity index (χ3n) is 4.45. The van der Waals surface area contributed by atoms with E-state index >= 15 is 0 Å². The molecule has 0 saturated carbocycles. The van der Waals surface area contributed by atoms with Gasteiger partial charge in [-0.25, -0.2) is 0 Å². The highest BCUT2D eigenvalue weighted by atomic mass is 35.5. The molecular formula is C22H27Cl2NO2. The van der Waals surface area contributed by atoms with Gasteiger partial charge in [-0.15, -0.1) is 0 Å². The van der Waals surface area contributed by atoms with Gasteiger partial charge in [-0.2, -0.15) is 0 Å². The van der Waals surface area contributed by atoms with Crippen LogP contribution in [0.1, 0.15) is 44.2 Å². The molecule has 0 aliphatic rings. The number of rotatable bonds is 8. The van der Waals surface area contributed by atoms with E-state index in [4.69, 9.17) is 27.9 Å². The fraction of sp³-hybridized carbons (Fsp3) is 0.409. The SMILES string of the molecule is CCC(CN(C)C(=O)Cc1cccc(OC(C)C)c1)c1ccc(Cl)c(Cl)c1. The van der Waals surface area contributed by atoms with Crippen molar-refractivity contribution in [1.29, 1.82) is 0 Å². The van der Waals surface area contributed by atoms with Crippen LogP contribution >= 0.6 is 23.2 Å². The smallest absolute Gasteiger partial charge is 0.226 e. The number of carbonyl (C=O) groups is 1. The number of likely N-dealkylation sites (N-methyl/N-ethyl adjacent to an activating group) is 1. The summed E-state index contributed by atoms with van der Waals surface area (Å²) in [4.78, 5) is 14.5. The minimum Gasteiger partial charge on any atom is -0.491 e. The fourth-order valence-corrected chi connectivity index (χ4v) is 3.29. The minimum atomic E-state index is 0.0789. The maximum absolute atomic E-state index is 12.7. The summed E-state index contributed by atoms with van der Waals surface area (Å²) in [5, 5.41) is 1.09. The Labute approximate surface area is 172 Å². The maximum Gasteiger partial charge on any atom is 0.226 e. The number of halogens is 2. The van der Waals surface area contributed by atoms with E-state index < -0.39 is 0 Å². The number of ether oxygens (including phenoxy) is 1. The first-order valence-electron chi connectivity index (χ1n) is 9.24. The Kier molecular flexibility index (Phi) is 8.00. The van der Waals surface area contributed by atoms with Gasteiger partial charge in [0.15, 0.2) is 0 Å². The van der Waals surface area contributed by atoms with Gasteiger partial charge in [0.1, 0.15) is 5.75 Å². The lowest BCUT2D eigenvalue weighted by molar-refractivity contribution is -0.129. The van der Waals surface area contributed by atoms with Crippen LogP contribution in [0.2, 0.25) is 10.0 Å². The van der Waals surface area contributed by atoms with Gasteiger partial charge in [-0.1, -0.05) is 48.3 Å². The van der Waals surface area contributed by atoms with Crippen molar-refractivity contribution in [2.45, 2.75) is 45.6 Å². The normalized spacial score (nSPS) is 12.1. The Morgan fingerprint density at radius 2 is 1.85 bits per heavy atom. The van der Waals surface area contributed by atoms with Crippen molar-refractivity contribution < 1.29 is 9.53 Å². The van der Waals surface area contributed by atoms with E-state index in [1.807, 2.05) is 63.4 Å². The lowest BCUT2D eigenvalue weighted by atomic mass is 9.96. The first kappa shape index (κ1) is 21.6. The highest BCUT2D eigenvalue weighted by Crippen LogP contribution is 2.28. The van der Waals surface area contributed by atoms with Crippen molar-refractivity contribution in [3.63, 3.8) is 0 Å². The van der Waals surface area contributed by atoms with E-state index in [1.54, 1.807) is 4.90 Å². The molecule has 0 saturated heterocycles. The van der Waals surface area contributed by atoms with Crippen LogP contribution in [0.3, 0.4) is 0 Å². The molecule has 0 radical (unpaired) electrons. The van der Waals surface area contributed by atoms with Gasteiger partial charge >= 0.3 is 0 Å². The van der Waals surface area contributed by atoms with Crippen molar-refractivity contribution in [2.75, 3.05) is 13.6 Å². The van der Waals surface area contributed by atoms with E-state index in [0.29, 0.717) is 23.0 Å². The average Bonchev–Trinajstić information content (AvgIpc) is 2.61. The summed E-state index contributed by atoms with van der Waals surface area (Å²) < 4.78 is 5.71. The largest absolute Gasteiger partial charge is 0.491 e. The van der Waals surface area contributed by atoms with Gasteiger partial charge in [-0.3, -0.25) is 4.79 Å². The van der Waals surface area contributed by atoms with E-state index in [9.17, 15) is 4.79 Å². The molecule has 0 N–H and O–H groups in total. The molecular weight excluding hydrogens is 381 g/mol. The Morgan fingerprint density at radius 3 is 2.48 bits per heavy atom.